The van der Waals surface area contributed by atoms with Crippen molar-refractivity contribution in [3.8, 4) is 11.8 Å². The van der Waals surface area contributed by atoms with Gasteiger partial charge in [0.15, 0.2) is 6.61 Å². The Morgan fingerprint density at radius 3 is 2.58 bits per heavy atom. The number of hydrogen-bond acceptors (Lipinski definition) is 5. The fraction of sp³-hybridized carbons (Fsp3) is 0.211. The van der Waals surface area contributed by atoms with E-state index in [0.717, 1.165) is 0 Å². The predicted octanol–water partition coefficient (Wildman–Crippen LogP) is 2.94. The first kappa shape index (κ1) is 18.9. The first-order chi connectivity index (χ1) is 12.5. The number of methoxy groups -OCH3 is 1. The molecular weight excluding hydrogens is 339 g/mol. The van der Waals surface area contributed by atoms with E-state index in [1.54, 1.807) is 18.2 Å². The van der Waals surface area contributed by atoms with E-state index in [9.17, 15) is 14.0 Å². The summed E-state index contributed by atoms with van der Waals surface area (Å²) in [6.07, 6.45) is 0.0902. The molecule has 2 aromatic rings. The van der Waals surface area contributed by atoms with Gasteiger partial charge >= 0.3 is 5.97 Å². The highest BCUT2D eigenvalue weighted by atomic mass is 19.1. The van der Waals surface area contributed by atoms with Crippen LogP contribution in [0.3, 0.4) is 0 Å². The highest BCUT2D eigenvalue weighted by Crippen LogP contribution is 2.17. The van der Waals surface area contributed by atoms with Crippen molar-refractivity contribution in [2.75, 3.05) is 25.2 Å². The number of anilines is 1. The van der Waals surface area contributed by atoms with Crippen molar-refractivity contribution in [2.24, 2.45) is 0 Å². The predicted molar refractivity (Wildman–Crippen MR) is 92.3 cm³/mol. The van der Waals surface area contributed by atoms with E-state index in [1.165, 1.54) is 42.3 Å². The van der Waals surface area contributed by atoms with Crippen LogP contribution >= 0.6 is 0 Å². The van der Waals surface area contributed by atoms with Gasteiger partial charge < -0.3 is 14.4 Å². The zero-order valence-electron chi connectivity index (χ0n) is 14.1. The number of carbonyl (C=O) groups excluding carboxylic acids is 2. The molecule has 0 bridgehead atoms. The van der Waals surface area contributed by atoms with Crippen molar-refractivity contribution in [2.45, 2.75) is 6.42 Å². The topological polar surface area (TPSA) is 79.6 Å². The second-order valence-electron chi connectivity index (χ2n) is 5.24. The van der Waals surface area contributed by atoms with Crippen LogP contribution in [-0.4, -0.2) is 32.1 Å². The van der Waals surface area contributed by atoms with Gasteiger partial charge in [0.05, 0.1) is 25.2 Å². The molecule has 0 unspecified atom stereocenters. The summed E-state index contributed by atoms with van der Waals surface area (Å²) in [4.78, 5) is 25.8. The molecule has 0 saturated carbocycles. The SMILES string of the molecule is COc1cccc(C(=O)OCC(=O)N(CCC#N)c2ccc(F)cc2)c1. The molecule has 0 aromatic heterocycles. The normalized spacial score (nSPS) is 9.88. The molecule has 0 aliphatic carbocycles. The van der Waals surface area contributed by atoms with Gasteiger partial charge in [0.1, 0.15) is 11.6 Å². The number of halogens is 1. The van der Waals surface area contributed by atoms with Gasteiger partial charge in [-0.25, -0.2) is 9.18 Å². The third-order valence-electron chi connectivity index (χ3n) is 3.52. The maximum Gasteiger partial charge on any atom is 0.338 e. The minimum Gasteiger partial charge on any atom is -0.497 e. The van der Waals surface area contributed by atoms with Gasteiger partial charge in [-0.3, -0.25) is 4.79 Å². The van der Waals surface area contributed by atoms with E-state index < -0.39 is 24.3 Å². The number of rotatable bonds is 7. The molecule has 26 heavy (non-hydrogen) atoms. The van der Waals surface area contributed by atoms with Crippen LogP contribution in [0.1, 0.15) is 16.8 Å². The van der Waals surface area contributed by atoms with E-state index in [4.69, 9.17) is 14.7 Å². The number of nitrogens with zero attached hydrogens (tertiary/aromatic N) is 2. The van der Waals surface area contributed by atoms with Crippen molar-refractivity contribution >= 4 is 17.6 Å². The number of hydrogen-bond donors (Lipinski definition) is 0. The molecule has 2 aromatic carbocycles. The van der Waals surface area contributed by atoms with E-state index >= 15 is 0 Å². The molecule has 0 heterocycles. The van der Waals surface area contributed by atoms with Crippen molar-refractivity contribution in [3.63, 3.8) is 0 Å². The van der Waals surface area contributed by atoms with Gasteiger partial charge in [0.25, 0.3) is 5.91 Å². The quantitative estimate of drug-likeness (QED) is 0.713. The molecule has 0 N–H and O–H groups in total. The summed E-state index contributed by atoms with van der Waals surface area (Å²) in [7, 11) is 1.48. The van der Waals surface area contributed by atoms with Crippen LogP contribution < -0.4 is 9.64 Å². The fourth-order valence-corrected chi connectivity index (χ4v) is 2.22. The van der Waals surface area contributed by atoms with Crippen LogP contribution in [0, 0.1) is 17.1 Å². The summed E-state index contributed by atoms with van der Waals surface area (Å²) in [6, 6.07) is 13.6. The van der Waals surface area contributed by atoms with Crippen LogP contribution in [0.15, 0.2) is 48.5 Å². The molecule has 0 radical (unpaired) electrons. The highest BCUT2D eigenvalue weighted by Gasteiger charge is 2.18. The molecule has 0 atom stereocenters. The maximum absolute atomic E-state index is 13.1. The monoisotopic (exact) mass is 356 g/mol. The third-order valence-corrected chi connectivity index (χ3v) is 3.52. The van der Waals surface area contributed by atoms with Gasteiger partial charge in [-0.1, -0.05) is 6.07 Å². The van der Waals surface area contributed by atoms with Crippen molar-refractivity contribution in [3.05, 3.63) is 59.9 Å². The lowest BCUT2D eigenvalue weighted by molar-refractivity contribution is -0.121. The first-order valence-electron chi connectivity index (χ1n) is 7.79. The molecule has 0 aliphatic heterocycles. The van der Waals surface area contributed by atoms with Gasteiger partial charge in [-0.15, -0.1) is 0 Å². The van der Waals surface area contributed by atoms with Crippen LogP contribution in [0.25, 0.3) is 0 Å². The van der Waals surface area contributed by atoms with Gasteiger partial charge in [0.2, 0.25) is 0 Å². The number of carbonyl (C=O) groups is 2. The minimum absolute atomic E-state index is 0.0902. The first-order valence-corrected chi connectivity index (χ1v) is 7.79. The molecule has 0 saturated heterocycles. The highest BCUT2D eigenvalue weighted by molar-refractivity contribution is 5.97. The standard InChI is InChI=1S/C19H17FN2O4/c1-25-17-5-2-4-14(12-17)19(24)26-13-18(23)22(11-3-10-21)16-8-6-15(20)7-9-16/h2,4-9,12H,3,11,13H2,1H3. The second kappa shape index (κ2) is 9.18. The summed E-state index contributed by atoms with van der Waals surface area (Å²) in [5, 5.41) is 8.76. The van der Waals surface area contributed by atoms with Crippen LogP contribution in [0.4, 0.5) is 10.1 Å². The number of benzene rings is 2. The molecule has 2 rings (SSSR count). The van der Waals surface area contributed by atoms with Gasteiger partial charge in [-0.2, -0.15) is 5.26 Å². The Bertz CT molecular complexity index is 815. The summed E-state index contributed by atoms with van der Waals surface area (Å²) in [5.41, 5.74) is 0.673. The summed E-state index contributed by atoms with van der Waals surface area (Å²) in [5.74, 6) is -1.13. The van der Waals surface area contributed by atoms with Crippen LogP contribution in [0.2, 0.25) is 0 Å². The molecule has 134 valence electrons. The maximum atomic E-state index is 13.1. The number of amides is 1. The number of ether oxygens (including phenoxy) is 2. The Labute approximate surface area is 150 Å². The zero-order chi connectivity index (χ0) is 18.9. The Morgan fingerprint density at radius 1 is 1.19 bits per heavy atom. The third kappa shape index (κ3) is 5.05. The minimum atomic E-state index is -0.670. The summed E-state index contributed by atoms with van der Waals surface area (Å²) in [6.45, 7) is -0.392. The average Bonchev–Trinajstić information content (AvgIpc) is 2.67. The molecule has 1 amide bonds. The fourth-order valence-electron chi connectivity index (χ4n) is 2.22. The number of esters is 1. The van der Waals surface area contributed by atoms with Crippen molar-refractivity contribution in [1.82, 2.24) is 0 Å². The average molecular weight is 356 g/mol. The number of nitriles is 1. The Hall–Kier alpha value is -3.40. The van der Waals surface area contributed by atoms with E-state index in [-0.39, 0.29) is 18.5 Å². The largest absolute Gasteiger partial charge is 0.497 e. The molecule has 0 aliphatic rings. The second-order valence-corrected chi connectivity index (χ2v) is 5.24. The van der Waals surface area contributed by atoms with E-state index in [0.29, 0.717) is 11.4 Å². The molecular formula is C19H17FN2O4. The van der Waals surface area contributed by atoms with Gasteiger partial charge in [-0.05, 0) is 42.5 Å². The van der Waals surface area contributed by atoms with E-state index in [1.807, 2.05) is 6.07 Å². The van der Waals surface area contributed by atoms with E-state index in [2.05, 4.69) is 0 Å². The molecule has 0 spiro atoms. The Balaban J connectivity index is 2.05. The van der Waals surface area contributed by atoms with Crippen molar-refractivity contribution in [1.29, 1.82) is 5.26 Å². The zero-order valence-corrected chi connectivity index (χ0v) is 14.1. The molecule has 0 fully saturated rings. The smallest absolute Gasteiger partial charge is 0.338 e. The molecule has 7 heteroatoms. The Kier molecular flexibility index (Phi) is 6.68. The van der Waals surface area contributed by atoms with Crippen molar-refractivity contribution < 1.29 is 23.5 Å². The summed E-state index contributed by atoms with van der Waals surface area (Å²) < 4.78 is 23.2. The van der Waals surface area contributed by atoms with Crippen LogP contribution in [0.5, 0.6) is 5.75 Å². The summed E-state index contributed by atoms with van der Waals surface area (Å²) >= 11 is 0. The molecule has 6 nitrogen and oxygen atoms in total. The lowest BCUT2D eigenvalue weighted by Crippen LogP contribution is -2.35. The lowest BCUT2D eigenvalue weighted by atomic mass is 10.2. The lowest BCUT2D eigenvalue weighted by Gasteiger charge is -2.21. The van der Waals surface area contributed by atoms with Gasteiger partial charge in [0, 0.05) is 12.2 Å². The van der Waals surface area contributed by atoms with Crippen LogP contribution in [-0.2, 0) is 9.53 Å². The Morgan fingerprint density at radius 2 is 1.92 bits per heavy atom.